The maximum atomic E-state index is 12.8. The molecule has 1 amide bonds. The molecule has 1 heterocycles. The van der Waals surface area contributed by atoms with Gasteiger partial charge in [-0.3, -0.25) is 9.89 Å². The van der Waals surface area contributed by atoms with Gasteiger partial charge < -0.3 is 19.5 Å². The summed E-state index contributed by atoms with van der Waals surface area (Å²) in [6.45, 7) is 4.68. The zero-order valence-corrected chi connectivity index (χ0v) is 18.4. The fraction of sp³-hybridized carbons (Fsp3) is 0.333. The fourth-order valence-corrected chi connectivity index (χ4v) is 3.19. The van der Waals surface area contributed by atoms with Crippen molar-refractivity contribution in [3.05, 3.63) is 59.8 Å². The highest BCUT2D eigenvalue weighted by Crippen LogP contribution is 2.31. The molecule has 1 aromatic heterocycles. The maximum Gasteiger partial charge on any atom is 0.269 e. The van der Waals surface area contributed by atoms with E-state index < -0.39 is 0 Å². The second-order valence-electron chi connectivity index (χ2n) is 7.17. The molecule has 0 fully saturated rings. The summed E-state index contributed by atoms with van der Waals surface area (Å²) in [5.74, 6) is 1.77. The van der Waals surface area contributed by atoms with E-state index in [1.54, 1.807) is 20.3 Å². The number of unbranched alkanes of at least 4 members (excludes halogenated alkanes) is 1. The van der Waals surface area contributed by atoms with Crippen molar-refractivity contribution in [2.24, 2.45) is 0 Å². The summed E-state index contributed by atoms with van der Waals surface area (Å²) in [7, 11) is 3.17. The van der Waals surface area contributed by atoms with Gasteiger partial charge >= 0.3 is 0 Å². The first-order valence-electron chi connectivity index (χ1n) is 10.4. The van der Waals surface area contributed by atoms with E-state index in [9.17, 15) is 4.79 Å². The Morgan fingerprint density at radius 2 is 1.84 bits per heavy atom. The Morgan fingerprint density at radius 3 is 2.58 bits per heavy atom. The van der Waals surface area contributed by atoms with Crippen molar-refractivity contribution in [2.45, 2.75) is 32.7 Å². The van der Waals surface area contributed by atoms with E-state index in [0.717, 1.165) is 29.7 Å². The number of nitrogens with one attached hydrogen (secondary N) is 2. The average molecular weight is 424 g/mol. The quantitative estimate of drug-likeness (QED) is 0.459. The molecule has 2 N–H and O–H groups in total. The van der Waals surface area contributed by atoms with Crippen LogP contribution in [0.3, 0.4) is 0 Å². The third kappa shape index (κ3) is 5.36. The third-order valence-electron chi connectivity index (χ3n) is 5.00. The predicted octanol–water partition coefficient (Wildman–Crippen LogP) is 4.76. The molecule has 0 bridgehead atoms. The molecular weight excluding hydrogens is 394 g/mol. The molecule has 0 unspecified atom stereocenters. The van der Waals surface area contributed by atoms with Crippen LogP contribution in [0, 0.1) is 0 Å². The lowest BCUT2D eigenvalue weighted by Crippen LogP contribution is -2.27. The van der Waals surface area contributed by atoms with Gasteiger partial charge in [-0.25, -0.2) is 0 Å². The number of aromatic amines is 1. The molecular formula is C24H29N3O4. The summed E-state index contributed by atoms with van der Waals surface area (Å²) < 4.78 is 16.5. The Labute approximate surface area is 182 Å². The van der Waals surface area contributed by atoms with Crippen LogP contribution in [-0.2, 0) is 0 Å². The van der Waals surface area contributed by atoms with Gasteiger partial charge in [-0.2, -0.15) is 5.10 Å². The third-order valence-corrected chi connectivity index (χ3v) is 5.00. The molecule has 31 heavy (non-hydrogen) atoms. The van der Waals surface area contributed by atoms with Gasteiger partial charge in [0, 0.05) is 5.56 Å². The van der Waals surface area contributed by atoms with Gasteiger partial charge in [0.05, 0.1) is 32.6 Å². The Balaban J connectivity index is 1.72. The molecule has 0 saturated heterocycles. The minimum atomic E-state index is -0.245. The Morgan fingerprint density at radius 1 is 1.06 bits per heavy atom. The maximum absolute atomic E-state index is 12.8. The molecule has 0 saturated carbocycles. The van der Waals surface area contributed by atoms with Crippen LogP contribution in [0.2, 0.25) is 0 Å². The first-order valence-corrected chi connectivity index (χ1v) is 10.4. The number of methoxy groups -OCH3 is 2. The normalized spacial score (nSPS) is 11.6. The van der Waals surface area contributed by atoms with Crippen LogP contribution >= 0.6 is 0 Å². The number of hydrogen-bond donors (Lipinski definition) is 2. The topological polar surface area (TPSA) is 85.5 Å². The number of H-pyrrole nitrogens is 1. The van der Waals surface area contributed by atoms with E-state index in [4.69, 9.17) is 14.2 Å². The molecule has 0 aliphatic carbocycles. The van der Waals surface area contributed by atoms with E-state index >= 15 is 0 Å². The molecule has 0 aliphatic rings. The monoisotopic (exact) mass is 423 g/mol. The molecule has 0 radical (unpaired) electrons. The number of carbonyl (C=O) groups is 1. The summed E-state index contributed by atoms with van der Waals surface area (Å²) >= 11 is 0. The van der Waals surface area contributed by atoms with E-state index in [2.05, 4.69) is 22.4 Å². The second kappa shape index (κ2) is 10.5. The van der Waals surface area contributed by atoms with Crippen molar-refractivity contribution in [1.82, 2.24) is 15.5 Å². The number of ether oxygens (including phenoxy) is 3. The average Bonchev–Trinajstić information content (AvgIpc) is 3.29. The van der Waals surface area contributed by atoms with Crippen LogP contribution in [0.4, 0.5) is 0 Å². The lowest BCUT2D eigenvalue weighted by atomic mass is 10.1. The summed E-state index contributed by atoms with van der Waals surface area (Å²) in [6, 6.07) is 14.8. The predicted molar refractivity (Wildman–Crippen MR) is 120 cm³/mol. The molecule has 7 heteroatoms. The highest BCUT2D eigenvalue weighted by Gasteiger charge is 2.17. The summed E-state index contributed by atoms with van der Waals surface area (Å²) in [4.78, 5) is 12.8. The van der Waals surface area contributed by atoms with E-state index in [-0.39, 0.29) is 11.9 Å². The fourth-order valence-electron chi connectivity index (χ4n) is 3.19. The summed E-state index contributed by atoms with van der Waals surface area (Å²) in [5.41, 5.74) is 2.80. The first-order chi connectivity index (χ1) is 15.1. The van der Waals surface area contributed by atoms with E-state index in [0.29, 0.717) is 29.5 Å². The largest absolute Gasteiger partial charge is 0.493 e. The summed E-state index contributed by atoms with van der Waals surface area (Å²) in [5, 5.41) is 10.1. The minimum Gasteiger partial charge on any atom is -0.493 e. The Bertz CT molecular complexity index is 1020. The smallest absolute Gasteiger partial charge is 0.269 e. The van der Waals surface area contributed by atoms with Crippen molar-refractivity contribution >= 4 is 5.91 Å². The highest BCUT2D eigenvalue weighted by molar-refractivity contribution is 5.93. The Kier molecular flexibility index (Phi) is 7.54. The lowest BCUT2D eigenvalue weighted by molar-refractivity contribution is 0.0934. The minimum absolute atomic E-state index is 0.233. The highest BCUT2D eigenvalue weighted by atomic mass is 16.5. The van der Waals surface area contributed by atoms with Crippen LogP contribution in [0.15, 0.2) is 48.5 Å². The van der Waals surface area contributed by atoms with Crippen molar-refractivity contribution in [2.75, 3.05) is 20.8 Å². The molecule has 7 nitrogen and oxygen atoms in total. The number of amides is 1. The molecule has 2 aromatic carbocycles. The van der Waals surface area contributed by atoms with Gasteiger partial charge in [0.1, 0.15) is 11.4 Å². The van der Waals surface area contributed by atoms with Crippen molar-refractivity contribution in [3.63, 3.8) is 0 Å². The molecule has 3 rings (SSSR count). The van der Waals surface area contributed by atoms with Crippen LogP contribution < -0.4 is 19.5 Å². The zero-order valence-electron chi connectivity index (χ0n) is 18.4. The lowest BCUT2D eigenvalue weighted by Gasteiger charge is -2.16. The number of aromatic nitrogens is 2. The number of rotatable bonds is 10. The SMILES string of the molecule is CCCCOc1ccccc1-c1cc(C(=O)N[C@H](C)c2ccc(OC)c(OC)c2)[nH]n1. The van der Waals surface area contributed by atoms with Crippen molar-refractivity contribution in [3.8, 4) is 28.5 Å². The van der Waals surface area contributed by atoms with Gasteiger partial charge in [0.25, 0.3) is 5.91 Å². The van der Waals surface area contributed by atoms with E-state index in [1.807, 2.05) is 49.4 Å². The van der Waals surface area contributed by atoms with Crippen LogP contribution in [0.5, 0.6) is 17.2 Å². The molecule has 164 valence electrons. The summed E-state index contributed by atoms with van der Waals surface area (Å²) in [6.07, 6.45) is 2.05. The van der Waals surface area contributed by atoms with Gasteiger partial charge in [-0.05, 0) is 49.2 Å². The number of carbonyl (C=O) groups excluding carboxylic acids is 1. The van der Waals surface area contributed by atoms with Gasteiger partial charge in [0.15, 0.2) is 11.5 Å². The van der Waals surface area contributed by atoms with Crippen LogP contribution in [0.25, 0.3) is 11.3 Å². The first kappa shape index (κ1) is 22.2. The Hall–Kier alpha value is -3.48. The molecule has 0 aliphatic heterocycles. The molecule has 1 atom stereocenters. The van der Waals surface area contributed by atoms with Crippen LogP contribution in [0.1, 0.15) is 48.8 Å². The standard InChI is InChI=1S/C24H29N3O4/c1-5-6-13-31-21-10-8-7-9-18(21)19-15-20(27-26-19)24(28)25-16(2)17-11-12-22(29-3)23(14-17)30-4/h7-12,14-16H,5-6,13H2,1-4H3,(H,25,28)(H,26,27)/t16-/m1/s1. The number of para-hydroxylation sites is 1. The number of benzene rings is 2. The van der Waals surface area contributed by atoms with Gasteiger partial charge in [-0.15, -0.1) is 0 Å². The number of nitrogens with zero attached hydrogens (tertiary/aromatic N) is 1. The van der Waals surface area contributed by atoms with E-state index in [1.165, 1.54) is 0 Å². The van der Waals surface area contributed by atoms with Crippen molar-refractivity contribution in [1.29, 1.82) is 0 Å². The second-order valence-corrected chi connectivity index (χ2v) is 7.17. The molecule has 0 spiro atoms. The zero-order chi connectivity index (χ0) is 22.2. The van der Waals surface area contributed by atoms with Crippen molar-refractivity contribution < 1.29 is 19.0 Å². The van der Waals surface area contributed by atoms with Gasteiger partial charge in [-0.1, -0.05) is 31.5 Å². The number of hydrogen-bond acceptors (Lipinski definition) is 5. The van der Waals surface area contributed by atoms with Gasteiger partial charge in [0.2, 0.25) is 0 Å². The van der Waals surface area contributed by atoms with Crippen LogP contribution in [-0.4, -0.2) is 36.9 Å². The molecule has 3 aromatic rings.